The standard InChI is InChI=1S/C24H25N7/c1-3-6-19-13-22-16(2)25-15-26-24(22)31(19)14-17-9-11-18(12-10-17)20-7-4-5-8-21(20)23-27-29-30-28-23/h4-5,7-13,15-16H,3,6,14H2,1-2H3,(H,25,26)(H,27,28,29,30). The summed E-state index contributed by atoms with van der Waals surface area (Å²) in [5, 5.41) is 17.7. The van der Waals surface area contributed by atoms with E-state index in [1.54, 1.807) is 0 Å². The summed E-state index contributed by atoms with van der Waals surface area (Å²) in [6.45, 7) is 5.19. The zero-order chi connectivity index (χ0) is 21.2. The number of tetrazole rings is 1. The monoisotopic (exact) mass is 411 g/mol. The third-order valence-corrected chi connectivity index (χ3v) is 5.80. The van der Waals surface area contributed by atoms with Crippen LogP contribution in [0.25, 0.3) is 22.5 Å². The van der Waals surface area contributed by atoms with Crippen LogP contribution in [0.15, 0.2) is 59.6 Å². The lowest BCUT2D eigenvalue weighted by atomic mass is 9.98. The Hall–Kier alpha value is -3.74. The van der Waals surface area contributed by atoms with E-state index in [0.29, 0.717) is 5.82 Å². The van der Waals surface area contributed by atoms with Gasteiger partial charge in [0.2, 0.25) is 0 Å². The Balaban J connectivity index is 1.46. The summed E-state index contributed by atoms with van der Waals surface area (Å²) < 4.78 is 2.39. The van der Waals surface area contributed by atoms with Crippen LogP contribution in [0.5, 0.6) is 0 Å². The number of aryl methyl sites for hydroxylation is 1. The molecule has 1 unspecified atom stereocenters. The molecule has 7 heteroatoms. The maximum Gasteiger partial charge on any atom is 0.180 e. The highest BCUT2D eigenvalue weighted by atomic mass is 15.5. The molecule has 0 bridgehead atoms. The number of H-pyrrole nitrogens is 1. The maximum atomic E-state index is 4.50. The molecule has 31 heavy (non-hydrogen) atoms. The highest BCUT2D eigenvalue weighted by molar-refractivity contribution is 5.81. The van der Waals surface area contributed by atoms with Gasteiger partial charge in [-0.25, -0.2) is 5.10 Å². The van der Waals surface area contributed by atoms with Crippen LogP contribution in [0.2, 0.25) is 0 Å². The summed E-state index contributed by atoms with van der Waals surface area (Å²) in [5.41, 5.74) is 7.11. The van der Waals surface area contributed by atoms with Crippen LogP contribution in [0.1, 0.15) is 43.1 Å². The largest absolute Gasteiger partial charge is 0.333 e. The van der Waals surface area contributed by atoms with Crippen molar-refractivity contribution in [2.75, 3.05) is 5.32 Å². The van der Waals surface area contributed by atoms with Crippen LogP contribution in [0, 0.1) is 0 Å². The van der Waals surface area contributed by atoms with E-state index in [9.17, 15) is 0 Å². The first-order chi connectivity index (χ1) is 15.2. The van der Waals surface area contributed by atoms with Crippen molar-refractivity contribution in [3.05, 3.63) is 71.4 Å². The summed E-state index contributed by atoms with van der Waals surface area (Å²) >= 11 is 0. The van der Waals surface area contributed by atoms with Gasteiger partial charge in [0.05, 0.1) is 12.4 Å². The van der Waals surface area contributed by atoms with E-state index in [4.69, 9.17) is 0 Å². The number of nitrogens with zero attached hydrogens (tertiary/aromatic N) is 5. The average Bonchev–Trinajstić information content (AvgIpc) is 3.45. The zero-order valence-electron chi connectivity index (χ0n) is 17.7. The number of hydrogen-bond donors (Lipinski definition) is 2. The van der Waals surface area contributed by atoms with Gasteiger partial charge >= 0.3 is 0 Å². The predicted molar refractivity (Wildman–Crippen MR) is 123 cm³/mol. The molecule has 5 rings (SSSR count). The fourth-order valence-electron chi connectivity index (χ4n) is 4.23. The number of hydrogen-bond acceptors (Lipinski definition) is 5. The summed E-state index contributed by atoms with van der Waals surface area (Å²) in [6, 6.07) is 19.4. The van der Waals surface area contributed by atoms with Crippen molar-refractivity contribution in [2.45, 2.75) is 39.3 Å². The second kappa shape index (κ2) is 8.18. The van der Waals surface area contributed by atoms with E-state index < -0.39 is 0 Å². The molecular weight excluding hydrogens is 386 g/mol. The van der Waals surface area contributed by atoms with Crippen molar-refractivity contribution in [3.63, 3.8) is 0 Å². The normalized spacial score (nSPS) is 15.0. The first-order valence-corrected chi connectivity index (χ1v) is 10.7. The van der Waals surface area contributed by atoms with Crippen LogP contribution in [0.4, 0.5) is 5.82 Å². The first-order valence-electron chi connectivity index (χ1n) is 10.7. The highest BCUT2D eigenvalue weighted by Crippen LogP contribution is 2.34. The topological polar surface area (TPSA) is 83.8 Å². The molecule has 2 aromatic carbocycles. The molecule has 0 spiro atoms. The fraction of sp³-hybridized carbons (Fsp3) is 0.250. The average molecular weight is 412 g/mol. The number of aromatic amines is 1. The van der Waals surface area contributed by atoms with E-state index in [-0.39, 0.29) is 6.04 Å². The molecule has 3 heterocycles. The van der Waals surface area contributed by atoms with E-state index >= 15 is 0 Å². The van der Waals surface area contributed by atoms with Gasteiger partial charge in [-0.3, -0.25) is 4.99 Å². The minimum atomic E-state index is 0.192. The van der Waals surface area contributed by atoms with E-state index in [2.05, 4.69) is 85.7 Å². The Labute approximate surface area is 181 Å². The summed E-state index contributed by atoms with van der Waals surface area (Å²) in [7, 11) is 0. The van der Waals surface area contributed by atoms with Crippen molar-refractivity contribution >= 4 is 12.2 Å². The van der Waals surface area contributed by atoms with Crippen molar-refractivity contribution in [3.8, 4) is 22.5 Å². The number of fused-ring (bicyclic) bond motifs is 1. The van der Waals surface area contributed by atoms with Crippen molar-refractivity contribution in [1.29, 1.82) is 0 Å². The lowest BCUT2D eigenvalue weighted by Crippen LogP contribution is -2.13. The Bertz CT molecular complexity index is 1200. The number of anilines is 1. The Morgan fingerprint density at radius 1 is 1.03 bits per heavy atom. The first kappa shape index (κ1) is 19.2. The van der Waals surface area contributed by atoms with Gasteiger partial charge in [-0.1, -0.05) is 61.9 Å². The fourth-order valence-corrected chi connectivity index (χ4v) is 4.23. The van der Waals surface area contributed by atoms with Crippen LogP contribution in [-0.2, 0) is 13.0 Å². The molecule has 0 saturated carbocycles. The van der Waals surface area contributed by atoms with Crippen LogP contribution < -0.4 is 5.32 Å². The number of rotatable bonds is 6. The van der Waals surface area contributed by atoms with Gasteiger partial charge in [-0.15, -0.1) is 5.10 Å². The minimum absolute atomic E-state index is 0.192. The number of benzene rings is 2. The minimum Gasteiger partial charge on any atom is -0.333 e. The van der Waals surface area contributed by atoms with Gasteiger partial charge in [0.1, 0.15) is 5.82 Å². The van der Waals surface area contributed by atoms with Crippen molar-refractivity contribution in [2.24, 2.45) is 4.99 Å². The third-order valence-electron chi connectivity index (χ3n) is 5.80. The lowest BCUT2D eigenvalue weighted by molar-refractivity contribution is 0.728. The summed E-state index contributed by atoms with van der Waals surface area (Å²) in [6.07, 6.45) is 3.99. The van der Waals surface area contributed by atoms with E-state index in [1.165, 1.54) is 16.8 Å². The van der Waals surface area contributed by atoms with Crippen LogP contribution in [0.3, 0.4) is 0 Å². The van der Waals surface area contributed by atoms with Crippen LogP contribution >= 0.6 is 0 Å². The molecule has 0 radical (unpaired) electrons. The molecule has 7 nitrogen and oxygen atoms in total. The Morgan fingerprint density at radius 3 is 2.58 bits per heavy atom. The van der Waals surface area contributed by atoms with Crippen molar-refractivity contribution < 1.29 is 0 Å². The molecule has 2 N–H and O–H groups in total. The van der Waals surface area contributed by atoms with Gasteiger partial charge in [-0.2, -0.15) is 0 Å². The number of aliphatic imine (C=N–C) groups is 1. The van der Waals surface area contributed by atoms with Gasteiger partial charge in [0, 0.05) is 23.4 Å². The Morgan fingerprint density at radius 2 is 1.84 bits per heavy atom. The van der Waals surface area contributed by atoms with Crippen LogP contribution in [-0.4, -0.2) is 31.5 Å². The summed E-state index contributed by atoms with van der Waals surface area (Å²) in [4.78, 5) is 4.50. The molecule has 1 aliphatic heterocycles. The molecule has 156 valence electrons. The molecule has 0 fully saturated rings. The molecule has 1 atom stereocenters. The second-order valence-corrected chi connectivity index (χ2v) is 7.87. The molecule has 0 amide bonds. The smallest absolute Gasteiger partial charge is 0.180 e. The second-order valence-electron chi connectivity index (χ2n) is 7.87. The lowest BCUT2D eigenvalue weighted by Gasteiger charge is -2.18. The van der Waals surface area contributed by atoms with Gasteiger partial charge in [0.25, 0.3) is 0 Å². The van der Waals surface area contributed by atoms with E-state index in [1.807, 2.05) is 24.5 Å². The van der Waals surface area contributed by atoms with Gasteiger partial charge < -0.3 is 9.88 Å². The molecular formula is C24H25N7. The third kappa shape index (κ3) is 3.63. The predicted octanol–water partition coefficient (Wildman–Crippen LogP) is 4.85. The highest BCUT2D eigenvalue weighted by Gasteiger charge is 2.21. The van der Waals surface area contributed by atoms with E-state index in [0.717, 1.165) is 41.9 Å². The van der Waals surface area contributed by atoms with Crippen molar-refractivity contribution in [1.82, 2.24) is 25.2 Å². The Kier molecular flexibility index (Phi) is 5.08. The maximum absolute atomic E-state index is 4.50. The quantitative estimate of drug-likeness (QED) is 0.475. The number of nitrogens with one attached hydrogen (secondary N) is 2. The SMILES string of the molecule is CCCc1cc2c(n1Cc1ccc(-c3ccccc3-c3nnn[nH]3)cc1)NC=NC2C. The zero-order valence-corrected chi connectivity index (χ0v) is 17.7. The molecule has 2 aromatic heterocycles. The van der Waals surface area contributed by atoms with Gasteiger partial charge in [-0.05, 0) is 46.5 Å². The summed E-state index contributed by atoms with van der Waals surface area (Å²) in [5.74, 6) is 1.84. The molecule has 4 aromatic rings. The number of aromatic nitrogens is 5. The molecule has 0 aliphatic carbocycles. The van der Waals surface area contributed by atoms with Gasteiger partial charge in [0.15, 0.2) is 5.82 Å². The molecule has 1 aliphatic rings. The molecule has 0 saturated heterocycles.